The van der Waals surface area contributed by atoms with Crippen LogP contribution in [0.4, 0.5) is 0 Å². The van der Waals surface area contributed by atoms with Gasteiger partial charge in [-0.3, -0.25) is 0 Å². The monoisotopic (exact) mass is 254 g/mol. The highest BCUT2D eigenvalue weighted by Crippen LogP contribution is 2.32. The van der Waals surface area contributed by atoms with E-state index in [0.29, 0.717) is 16.9 Å². The molecule has 1 saturated heterocycles. The van der Waals surface area contributed by atoms with Gasteiger partial charge >= 0.3 is 0 Å². The van der Waals surface area contributed by atoms with Crippen molar-refractivity contribution in [1.82, 2.24) is 10.2 Å². The van der Waals surface area contributed by atoms with Gasteiger partial charge in [0, 0.05) is 12.6 Å². The standard InChI is InChI=1S/C16H34N2/c1-7-10-17-14(2)16(5,6)13-18-11-8-15(3,4)9-12-18/h14,17H,7-13H2,1-6H3. The van der Waals surface area contributed by atoms with Crippen LogP contribution in [0, 0.1) is 10.8 Å². The Morgan fingerprint density at radius 3 is 2.28 bits per heavy atom. The summed E-state index contributed by atoms with van der Waals surface area (Å²) in [6.45, 7) is 19.1. The Morgan fingerprint density at radius 1 is 1.22 bits per heavy atom. The molecule has 0 amide bonds. The summed E-state index contributed by atoms with van der Waals surface area (Å²) in [6, 6.07) is 0.590. The first-order valence-electron chi connectivity index (χ1n) is 7.72. The lowest BCUT2D eigenvalue weighted by Crippen LogP contribution is -2.49. The molecule has 0 aromatic heterocycles. The van der Waals surface area contributed by atoms with Gasteiger partial charge in [-0.05, 0) is 56.7 Å². The molecule has 1 fully saturated rings. The van der Waals surface area contributed by atoms with Crippen molar-refractivity contribution in [1.29, 1.82) is 0 Å². The third kappa shape index (κ3) is 4.89. The van der Waals surface area contributed by atoms with Gasteiger partial charge in [-0.2, -0.15) is 0 Å². The number of nitrogens with zero attached hydrogens (tertiary/aromatic N) is 1. The summed E-state index contributed by atoms with van der Waals surface area (Å²) in [5.41, 5.74) is 0.920. The summed E-state index contributed by atoms with van der Waals surface area (Å²) in [5, 5.41) is 3.65. The van der Waals surface area contributed by atoms with Crippen molar-refractivity contribution in [2.24, 2.45) is 10.8 Å². The lowest BCUT2D eigenvalue weighted by molar-refractivity contribution is 0.0809. The van der Waals surface area contributed by atoms with E-state index in [1.54, 1.807) is 0 Å². The Kier molecular flexibility index (Phi) is 5.67. The van der Waals surface area contributed by atoms with Gasteiger partial charge in [0.05, 0.1) is 0 Å². The van der Waals surface area contributed by atoms with E-state index in [1.807, 2.05) is 0 Å². The van der Waals surface area contributed by atoms with Crippen molar-refractivity contribution >= 4 is 0 Å². The zero-order valence-corrected chi connectivity index (χ0v) is 13.5. The van der Waals surface area contributed by atoms with Crippen LogP contribution < -0.4 is 5.32 Å². The molecule has 0 bridgehead atoms. The number of hydrogen-bond acceptors (Lipinski definition) is 2. The zero-order chi connectivity index (χ0) is 13.8. The van der Waals surface area contributed by atoms with Gasteiger partial charge in [-0.25, -0.2) is 0 Å². The Labute approximate surface area is 115 Å². The molecule has 0 aromatic carbocycles. The fraction of sp³-hybridized carbons (Fsp3) is 1.00. The van der Waals surface area contributed by atoms with Crippen LogP contribution in [0.25, 0.3) is 0 Å². The van der Waals surface area contributed by atoms with Crippen LogP contribution in [0.3, 0.4) is 0 Å². The molecule has 108 valence electrons. The number of rotatable bonds is 6. The van der Waals surface area contributed by atoms with Gasteiger partial charge in [0.1, 0.15) is 0 Å². The lowest BCUT2D eigenvalue weighted by atomic mass is 9.80. The first-order chi connectivity index (χ1) is 8.27. The molecule has 0 aromatic rings. The topological polar surface area (TPSA) is 15.3 Å². The van der Waals surface area contributed by atoms with Gasteiger partial charge in [-0.15, -0.1) is 0 Å². The summed E-state index contributed by atoms with van der Waals surface area (Å²) in [7, 11) is 0. The second-order valence-corrected chi connectivity index (χ2v) is 7.60. The molecule has 1 heterocycles. The molecule has 1 atom stereocenters. The number of nitrogens with one attached hydrogen (secondary N) is 1. The van der Waals surface area contributed by atoms with Gasteiger partial charge in [0.2, 0.25) is 0 Å². The third-order valence-electron chi connectivity index (χ3n) is 4.71. The van der Waals surface area contributed by atoms with Crippen LogP contribution in [0.1, 0.15) is 60.8 Å². The first-order valence-corrected chi connectivity index (χ1v) is 7.72. The van der Waals surface area contributed by atoms with E-state index in [0.717, 1.165) is 6.54 Å². The molecule has 1 aliphatic rings. The van der Waals surface area contributed by atoms with Crippen LogP contribution in [0.15, 0.2) is 0 Å². The van der Waals surface area contributed by atoms with E-state index < -0.39 is 0 Å². The van der Waals surface area contributed by atoms with E-state index in [2.05, 4.69) is 51.8 Å². The average Bonchev–Trinajstić information content (AvgIpc) is 2.28. The SMILES string of the molecule is CCCNC(C)C(C)(C)CN1CCC(C)(C)CC1. The quantitative estimate of drug-likeness (QED) is 0.780. The molecule has 0 radical (unpaired) electrons. The van der Waals surface area contributed by atoms with Crippen molar-refractivity contribution < 1.29 is 0 Å². The zero-order valence-electron chi connectivity index (χ0n) is 13.5. The van der Waals surface area contributed by atoms with Crippen LogP contribution in [0.5, 0.6) is 0 Å². The summed E-state index contributed by atoms with van der Waals surface area (Å²) >= 11 is 0. The second kappa shape index (κ2) is 6.38. The van der Waals surface area contributed by atoms with Gasteiger partial charge in [-0.1, -0.05) is 34.6 Å². The van der Waals surface area contributed by atoms with Crippen molar-refractivity contribution in [2.75, 3.05) is 26.2 Å². The molecule has 1 unspecified atom stereocenters. The van der Waals surface area contributed by atoms with Crippen LogP contribution in [-0.2, 0) is 0 Å². The summed E-state index contributed by atoms with van der Waals surface area (Å²) in [5.74, 6) is 0. The van der Waals surface area contributed by atoms with Gasteiger partial charge < -0.3 is 10.2 Å². The molecule has 1 aliphatic heterocycles. The first kappa shape index (κ1) is 16.0. The van der Waals surface area contributed by atoms with Crippen LogP contribution in [-0.4, -0.2) is 37.1 Å². The number of likely N-dealkylation sites (tertiary alicyclic amines) is 1. The summed E-state index contributed by atoms with van der Waals surface area (Å²) in [4.78, 5) is 2.66. The van der Waals surface area contributed by atoms with E-state index in [1.165, 1.54) is 38.9 Å². The maximum atomic E-state index is 3.65. The molecule has 2 nitrogen and oxygen atoms in total. The van der Waals surface area contributed by atoms with E-state index in [4.69, 9.17) is 0 Å². The van der Waals surface area contributed by atoms with E-state index >= 15 is 0 Å². The predicted molar refractivity (Wildman–Crippen MR) is 81.0 cm³/mol. The molecule has 1 rings (SSSR count). The highest BCUT2D eigenvalue weighted by molar-refractivity contribution is 4.87. The minimum absolute atomic E-state index is 0.358. The normalized spacial score (nSPS) is 23.0. The van der Waals surface area contributed by atoms with Crippen molar-refractivity contribution in [2.45, 2.75) is 66.8 Å². The predicted octanol–water partition coefficient (Wildman–Crippen LogP) is 3.52. The molecule has 0 saturated carbocycles. The van der Waals surface area contributed by atoms with Crippen molar-refractivity contribution in [3.63, 3.8) is 0 Å². The van der Waals surface area contributed by atoms with E-state index in [-0.39, 0.29) is 0 Å². The smallest absolute Gasteiger partial charge is 0.0102 e. The third-order valence-corrected chi connectivity index (χ3v) is 4.71. The second-order valence-electron chi connectivity index (χ2n) is 7.60. The van der Waals surface area contributed by atoms with Crippen LogP contribution >= 0.6 is 0 Å². The fourth-order valence-corrected chi connectivity index (χ4v) is 2.67. The maximum Gasteiger partial charge on any atom is 0.0102 e. The van der Waals surface area contributed by atoms with Crippen LogP contribution in [0.2, 0.25) is 0 Å². The minimum atomic E-state index is 0.358. The Bertz CT molecular complexity index is 235. The highest BCUT2D eigenvalue weighted by Gasteiger charge is 2.31. The maximum absolute atomic E-state index is 3.65. The van der Waals surface area contributed by atoms with Crippen molar-refractivity contribution in [3.8, 4) is 0 Å². The summed E-state index contributed by atoms with van der Waals surface area (Å²) < 4.78 is 0. The van der Waals surface area contributed by atoms with E-state index in [9.17, 15) is 0 Å². The summed E-state index contributed by atoms with van der Waals surface area (Å²) in [6.07, 6.45) is 3.91. The minimum Gasteiger partial charge on any atom is -0.314 e. The van der Waals surface area contributed by atoms with Gasteiger partial charge in [0.25, 0.3) is 0 Å². The molecule has 18 heavy (non-hydrogen) atoms. The molecule has 0 spiro atoms. The number of piperidine rings is 1. The Hall–Kier alpha value is -0.0800. The fourth-order valence-electron chi connectivity index (χ4n) is 2.67. The molecular weight excluding hydrogens is 220 g/mol. The van der Waals surface area contributed by atoms with Crippen molar-refractivity contribution in [3.05, 3.63) is 0 Å². The molecule has 2 heteroatoms. The average molecular weight is 254 g/mol. The Morgan fingerprint density at radius 2 is 1.78 bits per heavy atom. The highest BCUT2D eigenvalue weighted by atomic mass is 15.1. The molecule has 0 aliphatic carbocycles. The van der Waals surface area contributed by atoms with Gasteiger partial charge in [0.15, 0.2) is 0 Å². The lowest BCUT2D eigenvalue weighted by Gasteiger charge is -2.42. The largest absolute Gasteiger partial charge is 0.314 e. The molecular formula is C16H34N2. The Balaban J connectivity index is 2.41. The molecule has 1 N–H and O–H groups in total. The number of hydrogen-bond donors (Lipinski definition) is 1.